The molecule has 0 amide bonds. The van der Waals surface area contributed by atoms with E-state index in [0.29, 0.717) is 18.2 Å². The molecule has 5 heteroatoms. The van der Waals surface area contributed by atoms with Gasteiger partial charge in [-0.05, 0) is 38.2 Å². The zero-order valence-corrected chi connectivity index (χ0v) is 13.9. The quantitative estimate of drug-likeness (QED) is 0.830. The lowest BCUT2D eigenvalue weighted by atomic mass is 10.1. The topological polar surface area (TPSA) is 51.4 Å². The van der Waals surface area contributed by atoms with E-state index < -0.39 is 0 Å². The summed E-state index contributed by atoms with van der Waals surface area (Å²) in [6.45, 7) is 5.79. The molecule has 2 N–H and O–H groups in total. The third kappa shape index (κ3) is 4.19. The van der Waals surface area contributed by atoms with Crippen molar-refractivity contribution < 1.29 is 4.74 Å². The van der Waals surface area contributed by atoms with Gasteiger partial charge in [-0.15, -0.1) is 11.3 Å². The molecule has 114 valence electrons. The van der Waals surface area contributed by atoms with E-state index in [1.54, 1.807) is 11.3 Å². The molecule has 0 saturated carbocycles. The van der Waals surface area contributed by atoms with Crippen LogP contribution in [0.1, 0.15) is 25.5 Å². The summed E-state index contributed by atoms with van der Waals surface area (Å²) >= 11 is 1.65. The second-order valence-corrected chi connectivity index (χ2v) is 6.49. The van der Waals surface area contributed by atoms with E-state index in [1.807, 2.05) is 32.3 Å². The van der Waals surface area contributed by atoms with Crippen LogP contribution in [0.5, 0.6) is 5.75 Å². The molecule has 1 aromatic heterocycles. The van der Waals surface area contributed by atoms with Gasteiger partial charge in [-0.2, -0.15) is 0 Å². The maximum absolute atomic E-state index is 6.08. The minimum absolute atomic E-state index is 0.445. The fraction of sp³-hybridized carbons (Fsp3) is 0.438. The van der Waals surface area contributed by atoms with Gasteiger partial charge in [-0.25, -0.2) is 4.98 Å². The minimum Gasteiger partial charge on any atom is -0.490 e. The Kier molecular flexibility index (Phi) is 5.20. The smallest absolute Gasteiger partial charge is 0.142 e. The van der Waals surface area contributed by atoms with Gasteiger partial charge in [0.25, 0.3) is 0 Å². The van der Waals surface area contributed by atoms with E-state index in [9.17, 15) is 0 Å². The summed E-state index contributed by atoms with van der Waals surface area (Å²) in [6.07, 6.45) is 0. The standard InChI is InChI=1S/C16H23N3OS/c1-11(2)14-10-21-16(18-14)12-5-6-15(13(17)9-12)20-8-7-19(3)4/h5-6,9-11H,7-8,17H2,1-4H3. The minimum atomic E-state index is 0.445. The van der Waals surface area contributed by atoms with Crippen LogP contribution in [0.2, 0.25) is 0 Å². The number of nitrogens with zero attached hydrogens (tertiary/aromatic N) is 2. The van der Waals surface area contributed by atoms with E-state index >= 15 is 0 Å². The Morgan fingerprint density at radius 3 is 2.67 bits per heavy atom. The van der Waals surface area contributed by atoms with Crippen LogP contribution in [0.4, 0.5) is 5.69 Å². The van der Waals surface area contributed by atoms with Gasteiger partial charge in [-0.3, -0.25) is 0 Å². The fourth-order valence-corrected chi connectivity index (χ4v) is 2.81. The largest absolute Gasteiger partial charge is 0.490 e. The lowest BCUT2D eigenvalue weighted by Crippen LogP contribution is -2.19. The predicted octanol–water partition coefficient (Wildman–Crippen LogP) is 3.46. The molecule has 0 aliphatic carbocycles. The van der Waals surface area contributed by atoms with Crippen LogP contribution in [0, 0.1) is 0 Å². The van der Waals surface area contributed by atoms with Gasteiger partial charge in [-0.1, -0.05) is 13.8 Å². The molecule has 4 nitrogen and oxygen atoms in total. The highest BCUT2D eigenvalue weighted by atomic mass is 32.1. The number of aromatic nitrogens is 1. The molecule has 2 rings (SSSR count). The van der Waals surface area contributed by atoms with Crippen molar-refractivity contribution in [3.63, 3.8) is 0 Å². The van der Waals surface area contributed by atoms with Crippen LogP contribution < -0.4 is 10.5 Å². The van der Waals surface area contributed by atoms with E-state index in [-0.39, 0.29) is 0 Å². The van der Waals surface area contributed by atoms with Gasteiger partial charge in [0.1, 0.15) is 17.4 Å². The molecule has 0 saturated heterocycles. The van der Waals surface area contributed by atoms with Crippen LogP contribution in [0.3, 0.4) is 0 Å². The summed E-state index contributed by atoms with van der Waals surface area (Å²) in [5.41, 5.74) is 8.91. The first-order chi connectivity index (χ1) is 9.97. The number of nitrogen functional groups attached to an aromatic ring is 1. The first kappa shape index (κ1) is 15.8. The molecule has 1 aromatic carbocycles. The maximum Gasteiger partial charge on any atom is 0.142 e. The lowest BCUT2D eigenvalue weighted by molar-refractivity contribution is 0.262. The SMILES string of the molecule is CC(C)c1csc(-c2ccc(OCCN(C)C)c(N)c2)n1. The molecule has 0 aliphatic heterocycles. The van der Waals surface area contributed by atoms with Gasteiger partial charge in [0, 0.05) is 17.5 Å². The van der Waals surface area contributed by atoms with Crippen LogP contribution in [0.25, 0.3) is 10.6 Å². The monoisotopic (exact) mass is 305 g/mol. The highest BCUT2D eigenvalue weighted by Crippen LogP contribution is 2.31. The van der Waals surface area contributed by atoms with Crippen molar-refractivity contribution in [2.75, 3.05) is 33.0 Å². The van der Waals surface area contributed by atoms with Crippen LogP contribution >= 0.6 is 11.3 Å². The average Bonchev–Trinajstić information content (AvgIpc) is 2.90. The Bertz CT molecular complexity index is 593. The van der Waals surface area contributed by atoms with Crippen LogP contribution in [-0.2, 0) is 0 Å². The fourth-order valence-electron chi connectivity index (χ4n) is 1.84. The number of nitrogens with two attached hydrogens (primary N) is 1. The Labute approximate surface area is 130 Å². The number of ether oxygens (including phenoxy) is 1. The normalized spacial score (nSPS) is 11.3. The molecule has 0 fully saturated rings. The third-order valence-corrected chi connectivity index (χ3v) is 4.08. The third-order valence-electron chi connectivity index (χ3n) is 3.17. The van der Waals surface area contributed by atoms with E-state index in [1.165, 1.54) is 0 Å². The number of rotatable bonds is 6. The molecule has 0 spiro atoms. The maximum atomic E-state index is 6.08. The first-order valence-electron chi connectivity index (χ1n) is 7.10. The van der Waals surface area contributed by atoms with Gasteiger partial charge in [0.05, 0.1) is 11.4 Å². The molecule has 0 bridgehead atoms. The summed E-state index contributed by atoms with van der Waals surface area (Å²) < 4.78 is 5.70. The van der Waals surface area contributed by atoms with Crippen molar-refractivity contribution in [3.8, 4) is 16.3 Å². The summed E-state index contributed by atoms with van der Waals surface area (Å²) in [5, 5.41) is 3.11. The first-order valence-corrected chi connectivity index (χ1v) is 7.98. The lowest BCUT2D eigenvalue weighted by Gasteiger charge is -2.12. The highest BCUT2D eigenvalue weighted by molar-refractivity contribution is 7.13. The van der Waals surface area contributed by atoms with Gasteiger partial charge in [0.2, 0.25) is 0 Å². The van der Waals surface area contributed by atoms with Crippen molar-refractivity contribution in [2.24, 2.45) is 0 Å². The van der Waals surface area contributed by atoms with Crippen molar-refractivity contribution in [3.05, 3.63) is 29.3 Å². The average molecular weight is 305 g/mol. The van der Waals surface area contributed by atoms with Gasteiger partial charge >= 0.3 is 0 Å². The number of thiazole rings is 1. The molecule has 2 aromatic rings. The van der Waals surface area contributed by atoms with E-state index in [4.69, 9.17) is 10.5 Å². The highest BCUT2D eigenvalue weighted by Gasteiger charge is 2.09. The van der Waals surface area contributed by atoms with Crippen LogP contribution in [-0.4, -0.2) is 37.1 Å². The second kappa shape index (κ2) is 6.91. The zero-order chi connectivity index (χ0) is 15.4. The number of hydrogen-bond acceptors (Lipinski definition) is 5. The van der Waals surface area contributed by atoms with Crippen molar-refractivity contribution in [1.82, 2.24) is 9.88 Å². The van der Waals surface area contributed by atoms with E-state index in [2.05, 4.69) is 29.1 Å². The Balaban J connectivity index is 2.10. The summed E-state index contributed by atoms with van der Waals surface area (Å²) in [6, 6.07) is 5.88. The van der Waals surface area contributed by atoms with Gasteiger partial charge < -0.3 is 15.4 Å². The number of likely N-dealkylation sites (N-methyl/N-ethyl adjacent to an activating group) is 1. The molecule has 1 heterocycles. The summed E-state index contributed by atoms with van der Waals surface area (Å²) in [7, 11) is 4.04. The zero-order valence-electron chi connectivity index (χ0n) is 13.1. The number of benzene rings is 1. The Morgan fingerprint density at radius 2 is 2.10 bits per heavy atom. The van der Waals surface area contributed by atoms with Crippen molar-refractivity contribution in [2.45, 2.75) is 19.8 Å². The van der Waals surface area contributed by atoms with E-state index in [0.717, 1.165) is 28.6 Å². The molecular weight excluding hydrogens is 282 g/mol. The molecule has 0 atom stereocenters. The summed E-state index contributed by atoms with van der Waals surface area (Å²) in [5.74, 6) is 1.18. The van der Waals surface area contributed by atoms with Crippen molar-refractivity contribution in [1.29, 1.82) is 0 Å². The molecule has 0 aliphatic rings. The van der Waals surface area contributed by atoms with Crippen molar-refractivity contribution >= 4 is 17.0 Å². The predicted molar refractivity (Wildman–Crippen MR) is 90.1 cm³/mol. The molecule has 0 unspecified atom stereocenters. The Hall–Kier alpha value is -1.59. The molecular formula is C16H23N3OS. The molecule has 0 radical (unpaired) electrons. The molecule has 21 heavy (non-hydrogen) atoms. The Morgan fingerprint density at radius 1 is 1.33 bits per heavy atom. The van der Waals surface area contributed by atoms with Gasteiger partial charge in [0.15, 0.2) is 0 Å². The summed E-state index contributed by atoms with van der Waals surface area (Å²) in [4.78, 5) is 6.73. The number of anilines is 1. The van der Waals surface area contributed by atoms with Crippen LogP contribution in [0.15, 0.2) is 23.6 Å². The second-order valence-electron chi connectivity index (χ2n) is 5.64. The number of hydrogen-bond donors (Lipinski definition) is 1.